The van der Waals surface area contributed by atoms with Gasteiger partial charge in [0.15, 0.2) is 0 Å². The van der Waals surface area contributed by atoms with Crippen molar-refractivity contribution in [3.8, 4) is 0 Å². The molecule has 0 heterocycles. The Labute approximate surface area is 131 Å². The fraction of sp³-hybridized carbons (Fsp3) is 0.0909. The van der Waals surface area contributed by atoms with Gasteiger partial charge in [-0.1, -0.05) is 78.4 Å². The van der Waals surface area contributed by atoms with E-state index in [1.165, 1.54) is 39.0 Å². The van der Waals surface area contributed by atoms with Gasteiger partial charge in [-0.25, -0.2) is 0 Å². The van der Waals surface area contributed by atoms with Crippen LogP contribution in [0.15, 0.2) is 72.8 Å². The van der Waals surface area contributed by atoms with E-state index in [1.54, 1.807) is 0 Å². The zero-order valence-electron chi connectivity index (χ0n) is 12.7. The van der Waals surface area contributed by atoms with E-state index in [9.17, 15) is 0 Å². The second kappa shape index (κ2) is 5.31. The van der Waals surface area contributed by atoms with Crippen LogP contribution < -0.4 is 0 Å². The largest absolute Gasteiger partial charge is 0.0619 e. The second-order valence-corrected chi connectivity index (χ2v) is 5.96. The molecule has 4 rings (SSSR count). The second-order valence-electron chi connectivity index (χ2n) is 5.96. The molecular formula is C22H18. The minimum Gasteiger partial charge on any atom is -0.0619 e. The first-order valence-electron chi connectivity index (χ1n) is 7.76. The van der Waals surface area contributed by atoms with Gasteiger partial charge < -0.3 is 0 Å². The summed E-state index contributed by atoms with van der Waals surface area (Å²) >= 11 is 0. The minimum atomic E-state index is 0.998. The molecule has 0 amide bonds. The highest BCUT2D eigenvalue weighted by Crippen LogP contribution is 2.34. The van der Waals surface area contributed by atoms with E-state index in [1.807, 2.05) is 0 Å². The van der Waals surface area contributed by atoms with E-state index in [0.29, 0.717) is 0 Å². The van der Waals surface area contributed by atoms with Gasteiger partial charge in [0.2, 0.25) is 0 Å². The zero-order valence-corrected chi connectivity index (χ0v) is 12.7. The first-order chi connectivity index (χ1) is 10.8. The van der Waals surface area contributed by atoms with Crippen molar-refractivity contribution in [1.82, 2.24) is 0 Å². The SMILES string of the molecule is Cc1ccc(C2=Cc3ccccc3Cc3ccccc32)cc1. The maximum absolute atomic E-state index is 2.34. The van der Waals surface area contributed by atoms with Crippen LogP contribution in [-0.4, -0.2) is 0 Å². The predicted molar refractivity (Wildman–Crippen MR) is 93.8 cm³/mol. The van der Waals surface area contributed by atoms with E-state index in [-0.39, 0.29) is 0 Å². The van der Waals surface area contributed by atoms with Crippen LogP contribution in [-0.2, 0) is 6.42 Å². The highest BCUT2D eigenvalue weighted by Gasteiger charge is 2.15. The number of aryl methyl sites for hydroxylation is 1. The molecule has 0 spiro atoms. The molecule has 0 nitrogen and oxygen atoms in total. The smallest absolute Gasteiger partial charge is 0.00137 e. The molecule has 106 valence electrons. The van der Waals surface area contributed by atoms with Crippen molar-refractivity contribution in [2.24, 2.45) is 0 Å². The molecule has 0 radical (unpaired) electrons. The zero-order chi connectivity index (χ0) is 14.9. The molecule has 0 saturated heterocycles. The van der Waals surface area contributed by atoms with Gasteiger partial charge in [0.05, 0.1) is 0 Å². The summed E-state index contributed by atoms with van der Waals surface area (Å²) in [4.78, 5) is 0. The summed E-state index contributed by atoms with van der Waals surface area (Å²) in [5, 5.41) is 0. The molecule has 0 fully saturated rings. The maximum atomic E-state index is 2.34. The Morgan fingerprint density at radius 2 is 1.36 bits per heavy atom. The van der Waals surface area contributed by atoms with E-state index >= 15 is 0 Å². The number of hydrogen-bond acceptors (Lipinski definition) is 0. The highest BCUT2D eigenvalue weighted by atomic mass is 14.2. The first-order valence-corrected chi connectivity index (χ1v) is 7.76. The van der Waals surface area contributed by atoms with Gasteiger partial charge in [-0.3, -0.25) is 0 Å². The lowest BCUT2D eigenvalue weighted by molar-refractivity contribution is 1.18. The normalized spacial score (nSPS) is 12.9. The lowest BCUT2D eigenvalue weighted by atomic mass is 9.93. The molecular weight excluding hydrogens is 264 g/mol. The van der Waals surface area contributed by atoms with Crippen LogP contribution in [0.3, 0.4) is 0 Å². The quantitative estimate of drug-likeness (QED) is 0.433. The lowest BCUT2D eigenvalue weighted by Gasteiger charge is -2.11. The van der Waals surface area contributed by atoms with Gasteiger partial charge in [-0.2, -0.15) is 0 Å². The molecule has 1 aliphatic rings. The molecule has 0 aliphatic heterocycles. The van der Waals surface area contributed by atoms with E-state index in [2.05, 4.69) is 85.8 Å². The first kappa shape index (κ1) is 13.1. The standard InChI is InChI=1S/C22H18/c1-16-10-12-17(13-11-16)22-15-19-7-3-2-6-18(19)14-20-8-4-5-9-21(20)22/h2-13,15H,14H2,1H3. The summed E-state index contributed by atoms with van der Waals surface area (Å²) in [5.41, 5.74) is 9.38. The number of benzene rings is 3. The van der Waals surface area contributed by atoms with Crippen LogP contribution in [0.4, 0.5) is 0 Å². The topological polar surface area (TPSA) is 0 Å². The number of rotatable bonds is 1. The Bertz CT molecular complexity index is 851. The molecule has 0 atom stereocenters. The molecule has 1 aliphatic carbocycles. The lowest BCUT2D eigenvalue weighted by Crippen LogP contribution is -1.94. The van der Waals surface area contributed by atoms with E-state index < -0.39 is 0 Å². The molecule has 3 aromatic rings. The van der Waals surface area contributed by atoms with Gasteiger partial charge >= 0.3 is 0 Å². The van der Waals surface area contributed by atoms with Crippen molar-refractivity contribution < 1.29 is 0 Å². The third kappa shape index (κ3) is 2.27. The van der Waals surface area contributed by atoms with Gasteiger partial charge in [0.1, 0.15) is 0 Å². The molecule has 0 N–H and O–H groups in total. The van der Waals surface area contributed by atoms with Crippen molar-refractivity contribution in [1.29, 1.82) is 0 Å². The van der Waals surface area contributed by atoms with Crippen LogP contribution in [0.25, 0.3) is 11.6 Å². The summed E-state index contributed by atoms with van der Waals surface area (Å²) in [5.74, 6) is 0. The van der Waals surface area contributed by atoms with Gasteiger partial charge in [-0.05, 0) is 52.8 Å². The van der Waals surface area contributed by atoms with Gasteiger partial charge in [0, 0.05) is 0 Å². The van der Waals surface area contributed by atoms with Crippen molar-refractivity contribution in [2.75, 3.05) is 0 Å². The van der Waals surface area contributed by atoms with Crippen molar-refractivity contribution in [3.05, 3.63) is 106 Å². The maximum Gasteiger partial charge on any atom is -0.00137 e. The average molecular weight is 282 g/mol. The summed E-state index contributed by atoms with van der Waals surface area (Å²) in [6.07, 6.45) is 3.34. The summed E-state index contributed by atoms with van der Waals surface area (Å²) in [6, 6.07) is 26.3. The molecule has 3 aromatic carbocycles. The van der Waals surface area contributed by atoms with Crippen LogP contribution >= 0.6 is 0 Å². The Morgan fingerprint density at radius 3 is 2.18 bits per heavy atom. The molecule has 0 saturated carbocycles. The summed E-state index contributed by atoms with van der Waals surface area (Å²) in [6.45, 7) is 2.13. The van der Waals surface area contributed by atoms with E-state index in [4.69, 9.17) is 0 Å². The third-order valence-corrected chi connectivity index (χ3v) is 4.41. The third-order valence-electron chi connectivity index (χ3n) is 4.41. The molecule has 0 aromatic heterocycles. The van der Waals surface area contributed by atoms with E-state index in [0.717, 1.165) is 6.42 Å². The summed E-state index contributed by atoms with van der Waals surface area (Å²) in [7, 11) is 0. The Hall–Kier alpha value is -2.60. The van der Waals surface area contributed by atoms with Crippen LogP contribution in [0, 0.1) is 6.92 Å². The van der Waals surface area contributed by atoms with Crippen molar-refractivity contribution in [2.45, 2.75) is 13.3 Å². The Kier molecular flexibility index (Phi) is 3.16. The van der Waals surface area contributed by atoms with Gasteiger partial charge in [-0.15, -0.1) is 0 Å². The van der Waals surface area contributed by atoms with Crippen LogP contribution in [0.2, 0.25) is 0 Å². The molecule has 22 heavy (non-hydrogen) atoms. The van der Waals surface area contributed by atoms with Crippen LogP contribution in [0.1, 0.15) is 33.4 Å². The molecule has 0 heteroatoms. The Balaban J connectivity index is 1.98. The predicted octanol–water partition coefficient (Wildman–Crippen LogP) is 5.49. The van der Waals surface area contributed by atoms with Crippen molar-refractivity contribution >= 4 is 11.6 Å². The monoisotopic (exact) mass is 282 g/mol. The fourth-order valence-electron chi connectivity index (χ4n) is 3.18. The van der Waals surface area contributed by atoms with Gasteiger partial charge in [0.25, 0.3) is 0 Å². The molecule has 0 unspecified atom stereocenters. The number of fused-ring (bicyclic) bond motifs is 2. The number of hydrogen-bond donors (Lipinski definition) is 0. The minimum absolute atomic E-state index is 0.998. The average Bonchev–Trinajstić information content (AvgIpc) is 2.72. The van der Waals surface area contributed by atoms with Crippen molar-refractivity contribution in [3.63, 3.8) is 0 Å². The van der Waals surface area contributed by atoms with Crippen LogP contribution in [0.5, 0.6) is 0 Å². The fourth-order valence-corrected chi connectivity index (χ4v) is 3.18. The highest BCUT2D eigenvalue weighted by molar-refractivity contribution is 5.94. The molecule has 0 bridgehead atoms. The summed E-state index contributed by atoms with van der Waals surface area (Å²) < 4.78 is 0. The Morgan fingerprint density at radius 1 is 0.682 bits per heavy atom.